The van der Waals surface area contributed by atoms with Gasteiger partial charge in [-0.1, -0.05) is 86.0 Å². The van der Waals surface area contributed by atoms with Gasteiger partial charge < -0.3 is 18.3 Å². The van der Waals surface area contributed by atoms with Crippen LogP contribution in [0, 0.1) is 5.41 Å². The van der Waals surface area contributed by atoms with Gasteiger partial charge in [-0.15, -0.1) is 0 Å². The normalized spacial score (nSPS) is 12.2. The predicted octanol–water partition coefficient (Wildman–Crippen LogP) is 16.7. The molecule has 0 aliphatic heterocycles. The van der Waals surface area contributed by atoms with Crippen LogP contribution < -0.4 is 0 Å². The second kappa shape index (κ2) is 21.1. The molecule has 0 atom stereocenters. The zero-order valence-electron chi connectivity index (χ0n) is 46.3. The molecule has 0 bridgehead atoms. The Morgan fingerprint density at radius 1 is 0.325 bits per heavy atom. The molecule has 83 heavy (non-hydrogen) atoms. The van der Waals surface area contributed by atoms with E-state index >= 15 is 0 Å². The van der Waals surface area contributed by atoms with Crippen molar-refractivity contribution in [2.45, 2.75) is 39.5 Å². The molecule has 10 heteroatoms. The quantitative estimate of drug-likeness (QED) is 0.0956. The van der Waals surface area contributed by atoms with E-state index in [0.29, 0.717) is 0 Å². The van der Waals surface area contributed by atoms with Crippen molar-refractivity contribution in [3.8, 4) is 22.7 Å². The summed E-state index contributed by atoms with van der Waals surface area (Å²) < 4.78 is 9.31. The lowest BCUT2D eigenvalue weighted by atomic mass is 9.68. The first-order chi connectivity index (χ1) is 40.9. The number of pyridine rings is 6. The van der Waals surface area contributed by atoms with Gasteiger partial charge in [0, 0.05) is 141 Å². The Morgan fingerprint density at radius 3 is 0.819 bits per heavy atom. The molecule has 0 unspecified atom stereocenters. The van der Waals surface area contributed by atoms with Crippen molar-refractivity contribution < 1.29 is 0 Å². The average molecular weight is 1080 g/mol. The Bertz CT molecular complexity index is 4420. The SMILES string of the molecule is C=Cc1c(/C=C\C)n(-c2ccc(CC(Cc3ccc(-n4c(/C=C\C)c(C=C)c5cnccc54)cc3)(Cc3ccc(-n4c5ccncc5c5cnccc54)cc3)Cc3ccc(-n4c5ccncc5c5cnccc54)cc3)cc2)c2ccncc12. The van der Waals surface area contributed by atoms with Gasteiger partial charge in [-0.05, 0) is 164 Å². The van der Waals surface area contributed by atoms with Crippen LogP contribution in [0.2, 0.25) is 0 Å². The monoisotopic (exact) mass is 1070 g/mol. The van der Waals surface area contributed by atoms with Gasteiger partial charge >= 0.3 is 0 Å². The number of hydrogen-bond donors (Lipinski definition) is 0. The maximum absolute atomic E-state index is 4.51. The topological polar surface area (TPSA) is 97.1 Å². The first-order valence-corrected chi connectivity index (χ1v) is 28.2. The van der Waals surface area contributed by atoms with Crippen molar-refractivity contribution in [2.24, 2.45) is 5.41 Å². The van der Waals surface area contributed by atoms with Gasteiger partial charge in [0.15, 0.2) is 0 Å². The molecule has 0 saturated heterocycles. The highest BCUT2D eigenvalue weighted by molar-refractivity contribution is 6.09. The lowest BCUT2D eigenvalue weighted by Gasteiger charge is -2.36. The summed E-state index contributed by atoms with van der Waals surface area (Å²) in [5.41, 5.74) is 19.9. The van der Waals surface area contributed by atoms with Crippen LogP contribution in [0.25, 0.3) is 112 Å². The zero-order chi connectivity index (χ0) is 56.0. The van der Waals surface area contributed by atoms with E-state index in [1.165, 1.54) is 22.3 Å². The predicted molar refractivity (Wildman–Crippen MR) is 342 cm³/mol. The van der Waals surface area contributed by atoms with Crippen molar-refractivity contribution in [1.82, 2.24) is 48.2 Å². The number of nitrogens with zero attached hydrogens (tertiary/aromatic N) is 10. The van der Waals surface area contributed by atoms with E-state index < -0.39 is 0 Å². The Hall–Kier alpha value is -10.6. The summed E-state index contributed by atoms with van der Waals surface area (Å²) in [5.74, 6) is 0. The number of benzene rings is 4. The molecular formula is C73H58N10. The summed E-state index contributed by atoms with van der Waals surface area (Å²) in [7, 11) is 0. The second-order valence-corrected chi connectivity index (χ2v) is 21.6. The zero-order valence-corrected chi connectivity index (χ0v) is 46.3. The first-order valence-electron chi connectivity index (χ1n) is 28.2. The van der Waals surface area contributed by atoms with E-state index in [0.717, 1.165) is 136 Å². The lowest BCUT2D eigenvalue weighted by molar-refractivity contribution is 0.275. The average Bonchev–Trinajstić information content (AvgIpc) is 4.16. The molecule has 0 radical (unpaired) electrons. The highest BCUT2D eigenvalue weighted by atomic mass is 15.0. The highest BCUT2D eigenvalue weighted by Gasteiger charge is 2.33. The summed E-state index contributed by atoms with van der Waals surface area (Å²) in [6, 6.07) is 49.5. The van der Waals surface area contributed by atoms with Crippen molar-refractivity contribution in [2.75, 3.05) is 0 Å². The number of fused-ring (bicyclic) bond motifs is 8. The van der Waals surface area contributed by atoms with E-state index in [9.17, 15) is 0 Å². The smallest absolute Gasteiger partial charge is 0.0572 e. The van der Waals surface area contributed by atoms with Crippen LogP contribution in [0.5, 0.6) is 0 Å². The molecule has 10 aromatic heterocycles. The molecule has 0 saturated carbocycles. The van der Waals surface area contributed by atoms with Gasteiger partial charge in [-0.25, -0.2) is 0 Å². The number of aromatic nitrogens is 10. The minimum absolute atomic E-state index is 0.323. The van der Waals surface area contributed by atoms with Crippen LogP contribution >= 0.6 is 0 Å². The maximum atomic E-state index is 4.51. The number of hydrogen-bond acceptors (Lipinski definition) is 6. The molecule has 10 nitrogen and oxygen atoms in total. The number of allylic oxidation sites excluding steroid dienone is 2. The van der Waals surface area contributed by atoms with Crippen molar-refractivity contribution in [1.29, 1.82) is 0 Å². The van der Waals surface area contributed by atoms with Gasteiger partial charge in [0.05, 0.1) is 44.5 Å². The fraction of sp³-hybridized carbons (Fsp3) is 0.0959. The molecule has 4 aromatic carbocycles. The van der Waals surface area contributed by atoms with Crippen LogP contribution in [0.3, 0.4) is 0 Å². The lowest BCUT2D eigenvalue weighted by Crippen LogP contribution is -2.32. The fourth-order valence-corrected chi connectivity index (χ4v) is 13.1. The van der Waals surface area contributed by atoms with Crippen LogP contribution in [0.1, 0.15) is 58.6 Å². The van der Waals surface area contributed by atoms with E-state index in [4.69, 9.17) is 0 Å². The van der Waals surface area contributed by atoms with E-state index in [2.05, 4.69) is 233 Å². The summed E-state index contributed by atoms with van der Waals surface area (Å²) in [6.07, 6.45) is 38.5. The summed E-state index contributed by atoms with van der Waals surface area (Å²) in [5, 5.41) is 6.46. The third-order valence-electron chi connectivity index (χ3n) is 16.6. The minimum atomic E-state index is -0.323. The van der Waals surface area contributed by atoms with Crippen molar-refractivity contribution >= 4 is 89.7 Å². The largest absolute Gasteiger partial charge is 0.309 e. The molecule has 10 heterocycles. The molecule has 14 rings (SSSR count). The van der Waals surface area contributed by atoms with Crippen molar-refractivity contribution in [3.05, 3.63) is 278 Å². The van der Waals surface area contributed by atoms with E-state index in [-0.39, 0.29) is 5.41 Å². The Balaban J connectivity index is 0.910. The number of rotatable bonds is 16. The summed E-state index contributed by atoms with van der Waals surface area (Å²) in [6.45, 7) is 12.6. The fourth-order valence-electron chi connectivity index (χ4n) is 13.1. The van der Waals surface area contributed by atoms with Gasteiger partial charge in [-0.3, -0.25) is 29.9 Å². The molecule has 0 amide bonds. The molecule has 0 aliphatic carbocycles. The molecule has 0 N–H and O–H groups in total. The van der Waals surface area contributed by atoms with Crippen LogP contribution in [0.4, 0.5) is 0 Å². The standard InChI is InChI=1S/C73H58N10/c1-5-9-65-57(7-3)59-43-74-33-27-67(59)80(65)53-19-11-49(12-20-53)39-73(40-50-13-21-54(22-14-50)81-66(10-6-2)58(8-4)60-44-75-34-28-68(60)81,41-51-15-23-55(24-16-51)82-69-29-35-76-45-61(69)62-46-77-36-30-70(62)82)42-52-17-25-56(26-18-52)83-71-31-37-78-47-63(71)64-48-79-38-32-72(64)83/h5-38,43-48H,3-4,39-42H2,1-2H3/b9-5-,10-6-. The Kier molecular flexibility index (Phi) is 12.9. The third kappa shape index (κ3) is 8.83. The molecule has 0 fully saturated rings. The second-order valence-electron chi connectivity index (χ2n) is 21.6. The Morgan fingerprint density at radius 2 is 0.566 bits per heavy atom. The molecule has 0 aliphatic rings. The molecular weight excluding hydrogens is 1020 g/mol. The van der Waals surface area contributed by atoms with Gasteiger partial charge in [0.1, 0.15) is 0 Å². The third-order valence-corrected chi connectivity index (χ3v) is 16.6. The summed E-state index contributed by atoms with van der Waals surface area (Å²) in [4.78, 5) is 27.0. The maximum Gasteiger partial charge on any atom is 0.0572 e. The van der Waals surface area contributed by atoms with Crippen LogP contribution in [-0.4, -0.2) is 48.2 Å². The van der Waals surface area contributed by atoms with Gasteiger partial charge in [0.2, 0.25) is 0 Å². The van der Waals surface area contributed by atoms with E-state index in [1.54, 1.807) is 0 Å². The highest BCUT2D eigenvalue weighted by Crippen LogP contribution is 2.41. The Labute approximate surface area is 481 Å². The summed E-state index contributed by atoms with van der Waals surface area (Å²) >= 11 is 0. The molecule has 14 aromatic rings. The molecule has 0 spiro atoms. The minimum Gasteiger partial charge on any atom is -0.309 e. The van der Waals surface area contributed by atoms with E-state index in [1.807, 2.05) is 86.5 Å². The van der Waals surface area contributed by atoms with Crippen LogP contribution in [-0.2, 0) is 25.7 Å². The van der Waals surface area contributed by atoms with Crippen molar-refractivity contribution in [3.63, 3.8) is 0 Å². The molecule has 400 valence electrons. The van der Waals surface area contributed by atoms with Gasteiger partial charge in [-0.2, -0.15) is 0 Å². The van der Waals surface area contributed by atoms with Crippen LogP contribution in [0.15, 0.2) is 233 Å². The van der Waals surface area contributed by atoms with Gasteiger partial charge in [0.25, 0.3) is 0 Å². The first kappa shape index (κ1) is 50.6.